The van der Waals surface area contributed by atoms with Gasteiger partial charge in [0.05, 0.1) is 6.10 Å². The zero-order valence-electron chi connectivity index (χ0n) is 15.0. The van der Waals surface area contributed by atoms with E-state index < -0.39 is 0 Å². The van der Waals surface area contributed by atoms with Gasteiger partial charge in [0.15, 0.2) is 0 Å². The number of hydrogen-bond acceptors (Lipinski definition) is 3. The fourth-order valence-electron chi connectivity index (χ4n) is 3.05. The summed E-state index contributed by atoms with van der Waals surface area (Å²) in [6.07, 6.45) is 4.93. The van der Waals surface area contributed by atoms with Gasteiger partial charge in [0.2, 0.25) is 5.91 Å². The molecule has 5 nitrogen and oxygen atoms in total. The minimum absolute atomic E-state index is 0.0773. The molecule has 1 aliphatic carbocycles. The Morgan fingerprint density at radius 2 is 1.81 bits per heavy atom. The van der Waals surface area contributed by atoms with E-state index in [-0.39, 0.29) is 17.9 Å². The summed E-state index contributed by atoms with van der Waals surface area (Å²) in [6, 6.07) is 14.7. The Hall–Kier alpha value is -2.82. The van der Waals surface area contributed by atoms with Crippen LogP contribution in [0.4, 0.5) is 5.69 Å². The highest BCUT2D eigenvalue weighted by atomic mass is 16.5. The second kappa shape index (κ2) is 8.52. The fraction of sp³-hybridized carbons (Fsp3) is 0.333. The van der Waals surface area contributed by atoms with Gasteiger partial charge in [0.1, 0.15) is 5.75 Å². The lowest BCUT2D eigenvalue weighted by Gasteiger charge is -2.14. The van der Waals surface area contributed by atoms with Gasteiger partial charge in [0.25, 0.3) is 5.91 Å². The quantitative estimate of drug-likeness (QED) is 0.829. The van der Waals surface area contributed by atoms with Crippen LogP contribution in [0.1, 0.15) is 48.5 Å². The number of nitrogens with one attached hydrogen (secondary N) is 2. The lowest BCUT2D eigenvalue weighted by atomic mass is 10.1. The number of carbonyl (C=O) groups excluding carboxylic acids is 2. The second-order valence-corrected chi connectivity index (χ2v) is 6.61. The van der Waals surface area contributed by atoms with Crippen LogP contribution in [-0.4, -0.2) is 17.9 Å². The number of rotatable bonds is 6. The maximum absolute atomic E-state index is 12.4. The molecule has 0 aliphatic heterocycles. The fourth-order valence-corrected chi connectivity index (χ4v) is 3.05. The Morgan fingerprint density at radius 3 is 2.50 bits per heavy atom. The molecule has 136 valence electrons. The van der Waals surface area contributed by atoms with Crippen LogP contribution in [0.2, 0.25) is 0 Å². The first-order chi connectivity index (χ1) is 12.6. The van der Waals surface area contributed by atoms with Crippen LogP contribution < -0.4 is 15.4 Å². The predicted molar refractivity (Wildman–Crippen MR) is 101 cm³/mol. The van der Waals surface area contributed by atoms with Gasteiger partial charge in [-0.2, -0.15) is 0 Å². The lowest BCUT2D eigenvalue weighted by Crippen LogP contribution is -2.19. The van der Waals surface area contributed by atoms with Gasteiger partial charge in [-0.15, -0.1) is 0 Å². The topological polar surface area (TPSA) is 67.4 Å². The molecule has 0 atom stereocenters. The Balaban J connectivity index is 1.59. The number of ether oxygens (including phenoxy) is 1. The zero-order valence-corrected chi connectivity index (χ0v) is 15.0. The minimum atomic E-state index is -0.172. The van der Waals surface area contributed by atoms with E-state index in [1.165, 1.54) is 19.8 Å². The summed E-state index contributed by atoms with van der Waals surface area (Å²) in [5.74, 6) is 0.543. The van der Waals surface area contributed by atoms with Crippen LogP contribution in [0.25, 0.3) is 0 Å². The summed E-state index contributed by atoms with van der Waals surface area (Å²) in [7, 11) is 0. The van der Waals surface area contributed by atoms with Crippen molar-refractivity contribution in [2.24, 2.45) is 0 Å². The van der Waals surface area contributed by atoms with Gasteiger partial charge in [-0.3, -0.25) is 9.59 Å². The van der Waals surface area contributed by atoms with E-state index in [0.717, 1.165) is 24.2 Å². The smallest absolute Gasteiger partial charge is 0.255 e. The van der Waals surface area contributed by atoms with Gasteiger partial charge in [-0.25, -0.2) is 0 Å². The van der Waals surface area contributed by atoms with E-state index in [4.69, 9.17) is 4.74 Å². The van der Waals surface area contributed by atoms with Crippen molar-refractivity contribution >= 4 is 17.5 Å². The first-order valence-corrected chi connectivity index (χ1v) is 9.01. The zero-order chi connectivity index (χ0) is 18.4. The molecule has 0 heterocycles. The molecule has 2 N–H and O–H groups in total. The van der Waals surface area contributed by atoms with Gasteiger partial charge in [-0.05, 0) is 55.5 Å². The molecule has 0 aromatic heterocycles. The van der Waals surface area contributed by atoms with Crippen molar-refractivity contribution in [3.05, 3.63) is 59.7 Å². The van der Waals surface area contributed by atoms with Crippen molar-refractivity contribution in [2.45, 2.75) is 45.3 Å². The highest BCUT2D eigenvalue weighted by Crippen LogP contribution is 2.26. The third kappa shape index (κ3) is 5.09. The molecule has 1 aliphatic rings. The monoisotopic (exact) mass is 352 g/mol. The maximum Gasteiger partial charge on any atom is 0.255 e. The van der Waals surface area contributed by atoms with Crippen LogP contribution in [0.3, 0.4) is 0 Å². The van der Waals surface area contributed by atoms with Crippen LogP contribution in [0.5, 0.6) is 5.75 Å². The van der Waals surface area contributed by atoms with Crippen LogP contribution in [-0.2, 0) is 11.3 Å². The average Bonchev–Trinajstić information content (AvgIpc) is 3.13. The summed E-state index contributed by atoms with van der Waals surface area (Å²) >= 11 is 0. The van der Waals surface area contributed by atoms with Crippen molar-refractivity contribution in [3.8, 4) is 5.75 Å². The largest absolute Gasteiger partial charge is 0.490 e. The Morgan fingerprint density at radius 1 is 1.08 bits per heavy atom. The van der Waals surface area contributed by atoms with Crippen molar-refractivity contribution in [1.29, 1.82) is 0 Å². The average molecular weight is 352 g/mol. The van der Waals surface area contributed by atoms with Crippen LogP contribution >= 0.6 is 0 Å². The highest BCUT2D eigenvalue weighted by Gasteiger charge is 2.16. The molecular weight excluding hydrogens is 328 g/mol. The summed E-state index contributed by atoms with van der Waals surface area (Å²) in [4.78, 5) is 23.4. The molecule has 0 bridgehead atoms. The van der Waals surface area contributed by atoms with Gasteiger partial charge < -0.3 is 15.4 Å². The molecule has 3 rings (SSSR count). The first kappa shape index (κ1) is 18.0. The normalized spacial score (nSPS) is 14.0. The SMILES string of the molecule is CC(=O)NCc1ccc(C(=O)Nc2cccc(OC3CCCC3)c2)cc1. The first-order valence-electron chi connectivity index (χ1n) is 9.01. The van der Waals surface area contributed by atoms with Crippen LogP contribution in [0, 0.1) is 0 Å². The standard InChI is InChI=1S/C21H24N2O3/c1-15(24)22-14-16-9-11-17(12-10-16)21(25)23-18-5-4-8-20(13-18)26-19-6-2-3-7-19/h4-5,8-13,19H,2-3,6-7,14H2,1H3,(H,22,24)(H,23,25). The Bertz CT molecular complexity index is 765. The van der Waals surface area contributed by atoms with E-state index in [0.29, 0.717) is 17.8 Å². The number of amides is 2. The second-order valence-electron chi connectivity index (χ2n) is 6.61. The van der Waals surface area contributed by atoms with Crippen molar-refractivity contribution in [1.82, 2.24) is 5.32 Å². The van der Waals surface area contributed by atoms with Crippen LogP contribution in [0.15, 0.2) is 48.5 Å². The molecular formula is C21H24N2O3. The van der Waals surface area contributed by atoms with Gasteiger partial charge in [-0.1, -0.05) is 18.2 Å². The molecule has 1 saturated carbocycles. The van der Waals surface area contributed by atoms with Gasteiger partial charge >= 0.3 is 0 Å². The Labute approximate surface area is 153 Å². The molecule has 1 fully saturated rings. The summed E-state index contributed by atoms with van der Waals surface area (Å²) < 4.78 is 5.98. The molecule has 0 unspecified atom stereocenters. The van der Waals surface area contributed by atoms with E-state index in [1.54, 1.807) is 12.1 Å². The number of benzene rings is 2. The molecule has 5 heteroatoms. The predicted octanol–water partition coefficient (Wildman–Crippen LogP) is 3.90. The third-order valence-electron chi connectivity index (χ3n) is 4.45. The molecule has 2 aromatic carbocycles. The molecule has 2 amide bonds. The van der Waals surface area contributed by atoms with Crippen molar-refractivity contribution in [3.63, 3.8) is 0 Å². The molecule has 2 aromatic rings. The number of anilines is 1. The van der Waals surface area contributed by atoms with E-state index in [9.17, 15) is 9.59 Å². The summed E-state index contributed by atoms with van der Waals surface area (Å²) in [6.45, 7) is 1.93. The molecule has 0 spiro atoms. The van der Waals surface area contributed by atoms with Crippen molar-refractivity contribution in [2.75, 3.05) is 5.32 Å². The number of carbonyl (C=O) groups is 2. The van der Waals surface area contributed by atoms with E-state index in [2.05, 4.69) is 10.6 Å². The molecule has 26 heavy (non-hydrogen) atoms. The minimum Gasteiger partial charge on any atom is -0.490 e. The van der Waals surface area contributed by atoms with E-state index >= 15 is 0 Å². The Kier molecular flexibility index (Phi) is 5.89. The summed E-state index contributed by atoms with van der Waals surface area (Å²) in [5, 5.41) is 5.64. The number of hydrogen-bond donors (Lipinski definition) is 2. The van der Waals surface area contributed by atoms with E-state index in [1.807, 2.05) is 36.4 Å². The third-order valence-corrected chi connectivity index (χ3v) is 4.45. The molecule has 0 saturated heterocycles. The highest BCUT2D eigenvalue weighted by molar-refractivity contribution is 6.04. The lowest BCUT2D eigenvalue weighted by molar-refractivity contribution is -0.119. The van der Waals surface area contributed by atoms with Crippen molar-refractivity contribution < 1.29 is 14.3 Å². The molecule has 0 radical (unpaired) electrons. The maximum atomic E-state index is 12.4. The van der Waals surface area contributed by atoms with Gasteiger partial charge in [0, 0.05) is 30.8 Å². The summed E-state index contributed by atoms with van der Waals surface area (Å²) in [5.41, 5.74) is 2.23.